The number of nitrogens with one attached hydrogen (secondary N) is 4. The zero-order chi connectivity index (χ0) is 53.7. The third-order valence-corrected chi connectivity index (χ3v) is 15.3. The fourth-order valence-corrected chi connectivity index (χ4v) is 10.6. The molecule has 4 heterocycles. The first-order valence-corrected chi connectivity index (χ1v) is 26.5. The van der Waals surface area contributed by atoms with Gasteiger partial charge in [0.15, 0.2) is 0 Å². The molecule has 5 amide bonds. The van der Waals surface area contributed by atoms with Crippen molar-refractivity contribution in [1.82, 2.24) is 30.4 Å². The number of ether oxygens (including phenoxy) is 2. The van der Waals surface area contributed by atoms with Crippen molar-refractivity contribution < 1.29 is 42.9 Å². The SMILES string of the molecule is COc1cc2c(Oc3ccc(NC(=O)C4(C(=O)Nc5ccc(F)cc5)CC4)cc3)ccnc2cc1N1CCN(CCCC(=O)N[C@H](C(=O)N2C[C@H](O)C[C@H]2C(=O)NCc2ccc(-c3scnc3C)cc2)C(C)(C)C)CC1. The molecule has 6 aromatic rings. The van der Waals surface area contributed by atoms with E-state index in [0.29, 0.717) is 73.0 Å². The van der Waals surface area contributed by atoms with Crippen LogP contribution in [0.25, 0.3) is 21.3 Å². The average Bonchev–Trinajstić information content (AvgIpc) is 3.99. The molecule has 0 radical (unpaired) electrons. The molecule has 3 aliphatic rings. The molecule has 1 saturated carbocycles. The lowest BCUT2D eigenvalue weighted by Gasteiger charge is -2.37. The number of likely N-dealkylation sites (tertiary alicyclic amines) is 1. The van der Waals surface area contributed by atoms with E-state index in [4.69, 9.17) is 9.47 Å². The number of hydrogen-bond acceptors (Lipinski definition) is 13. The van der Waals surface area contributed by atoms with Crippen molar-refractivity contribution in [2.45, 2.75) is 84.5 Å². The van der Waals surface area contributed by atoms with Gasteiger partial charge in [-0.15, -0.1) is 11.3 Å². The topological polar surface area (TPSA) is 208 Å². The molecule has 17 nitrogen and oxygen atoms in total. The Labute approximate surface area is 445 Å². The number of fused-ring (bicyclic) bond motifs is 1. The highest BCUT2D eigenvalue weighted by atomic mass is 32.1. The van der Waals surface area contributed by atoms with Crippen LogP contribution in [0.4, 0.5) is 21.5 Å². The quantitative estimate of drug-likeness (QED) is 0.0526. The highest BCUT2D eigenvalue weighted by Gasteiger charge is 2.56. The number of anilines is 3. The molecule has 0 unspecified atom stereocenters. The van der Waals surface area contributed by atoms with Crippen LogP contribution in [0.5, 0.6) is 17.2 Å². The molecule has 2 saturated heterocycles. The number of carbonyl (C=O) groups is 5. The molecule has 0 bridgehead atoms. The second-order valence-corrected chi connectivity index (χ2v) is 21.7. The van der Waals surface area contributed by atoms with Gasteiger partial charge in [-0.3, -0.25) is 33.9 Å². The number of aliphatic hydroxyl groups excluding tert-OH is 1. The van der Waals surface area contributed by atoms with Crippen LogP contribution in [0.2, 0.25) is 0 Å². The number of β-amino-alcohol motifs (C(OH)–C–C–N with tert-alkyl or cyclic N) is 1. The van der Waals surface area contributed by atoms with Crippen LogP contribution in [-0.2, 0) is 30.5 Å². The monoisotopic (exact) mass is 1050 g/mol. The number of carbonyl (C=O) groups excluding carboxylic acids is 5. The number of rotatable bonds is 18. The van der Waals surface area contributed by atoms with E-state index in [0.717, 1.165) is 45.9 Å². The molecular formula is C57H64FN9O8S. The molecule has 4 aromatic carbocycles. The van der Waals surface area contributed by atoms with Gasteiger partial charge in [0.2, 0.25) is 29.5 Å². The molecule has 76 heavy (non-hydrogen) atoms. The van der Waals surface area contributed by atoms with Crippen LogP contribution in [0.3, 0.4) is 0 Å². The maximum absolute atomic E-state index is 14.2. The molecule has 0 spiro atoms. The second kappa shape index (κ2) is 22.8. The fourth-order valence-electron chi connectivity index (χ4n) is 9.78. The number of halogens is 1. The predicted molar refractivity (Wildman–Crippen MR) is 290 cm³/mol. The van der Waals surface area contributed by atoms with E-state index >= 15 is 0 Å². The summed E-state index contributed by atoms with van der Waals surface area (Å²) >= 11 is 1.57. The van der Waals surface area contributed by atoms with E-state index in [1.165, 1.54) is 29.2 Å². The molecule has 1 aliphatic carbocycles. The minimum atomic E-state index is -1.19. The van der Waals surface area contributed by atoms with Crippen molar-refractivity contribution in [3.63, 3.8) is 0 Å². The number of methoxy groups -OCH3 is 1. The van der Waals surface area contributed by atoms with Crippen LogP contribution in [-0.4, -0.2) is 119 Å². The first kappa shape index (κ1) is 53.3. The van der Waals surface area contributed by atoms with Crippen LogP contribution in [0, 0.1) is 23.6 Å². The Morgan fingerprint density at radius 2 is 1.54 bits per heavy atom. The molecule has 2 aliphatic heterocycles. The standard InChI is InChI=1S/C57H64FN9O8S/c1-35-50(76-34-61-35)37-10-8-36(9-11-37)32-60-52(70)46-29-41(68)33-67(46)53(71)51(56(2,3)4)64-49(69)7-6-24-65-25-27-66(28-26-65)45-31-44-43(30-48(45)74-5)47(20-23-59-44)75-42-18-16-40(17-19-42)63-55(73)57(21-22-57)54(72)62-39-14-12-38(58)13-15-39/h8-20,23,30-31,34,41,46,51,68H,6-7,21-22,24-29,32-33H2,1-5H3,(H,60,70)(H,62,72)(H,63,73)(H,64,69)/t41-,46+,51-/m1/s1. The third kappa shape index (κ3) is 12.3. The van der Waals surface area contributed by atoms with Gasteiger partial charge in [-0.2, -0.15) is 0 Å². The highest BCUT2D eigenvalue weighted by molar-refractivity contribution is 7.13. The van der Waals surface area contributed by atoms with Crippen molar-refractivity contribution in [2.75, 3.05) is 61.9 Å². The van der Waals surface area contributed by atoms with Gasteiger partial charge in [0.1, 0.15) is 40.6 Å². The number of aromatic nitrogens is 2. The summed E-state index contributed by atoms with van der Waals surface area (Å²) in [7, 11) is 1.63. The number of piperazine rings is 1. The summed E-state index contributed by atoms with van der Waals surface area (Å²) in [5.41, 5.74) is 5.40. The van der Waals surface area contributed by atoms with Crippen molar-refractivity contribution in [3.05, 3.63) is 120 Å². The van der Waals surface area contributed by atoms with E-state index in [9.17, 15) is 33.5 Å². The minimum absolute atomic E-state index is 0.00119. The Kier molecular flexibility index (Phi) is 16.0. The van der Waals surface area contributed by atoms with Gasteiger partial charge in [-0.1, -0.05) is 45.0 Å². The highest BCUT2D eigenvalue weighted by Crippen LogP contribution is 2.48. The summed E-state index contributed by atoms with van der Waals surface area (Å²) in [4.78, 5) is 83.6. The molecular weight excluding hydrogens is 990 g/mol. The van der Waals surface area contributed by atoms with E-state index < -0.39 is 52.6 Å². The van der Waals surface area contributed by atoms with Crippen molar-refractivity contribution >= 4 is 68.8 Å². The van der Waals surface area contributed by atoms with E-state index in [2.05, 4.69) is 41.0 Å². The van der Waals surface area contributed by atoms with Gasteiger partial charge in [0.25, 0.3) is 0 Å². The van der Waals surface area contributed by atoms with Gasteiger partial charge in [0.05, 0.1) is 40.5 Å². The molecule has 9 rings (SSSR count). The van der Waals surface area contributed by atoms with E-state index in [-0.39, 0.29) is 37.7 Å². The number of hydrogen-bond donors (Lipinski definition) is 5. The molecule has 3 fully saturated rings. The number of pyridine rings is 1. The molecule has 2 aromatic heterocycles. The lowest BCUT2D eigenvalue weighted by Crippen LogP contribution is -2.57. The minimum Gasteiger partial charge on any atom is -0.495 e. The zero-order valence-corrected chi connectivity index (χ0v) is 44.2. The molecule has 398 valence electrons. The molecule has 5 N–H and O–H groups in total. The smallest absolute Gasteiger partial charge is 0.246 e. The number of aryl methyl sites for hydroxylation is 1. The maximum atomic E-state index is 14.2. The summed E-state index contributed by atoms with van der Waals surface area (Å²) in [6.45, 7) is 11.5. The van der Waals surface area contributed by atoms with Crippen molar-refractivity contribution in [3.8, 4) is 27.7 Å². The largest absolute Gasteiger partial charge is 0.495 e. The Hall–Kier alpha value is -7.48. The van der Waals surface area contributed by atoms with Crippen LogP contribution >= 0.6 is 11.3 Å². The van der Waals surface area contributed by atoms with Gasteiger partial charge < -0.3 is 45.6 Å². The van der Waals surface area contributed by atoms with Gasteiger partial charge in [-0.25, -0.2) is 9.37 Å². The molecule has 19 heteroatoms. The average molecular weight is 1050 g/mol. The normalized spacial score (nSPS) is 17.7. The molecule has 3 atom stereocenters. The zero-order valence-electron chi connectivity index (χ0n) is 43.4. The Bertz CT molecular complexity index is 3080. The Balaban J connectivity index is 0.740. The van der Waals surface area contributed by atoms with E-state index in [1.54, 1.807) is 55.0 Å². The Morgan fingerprint density at radius 1 is 0.868 bits per heavy atom. The number of thiazole rings is 1. The summed E-state index contributed by atoms with van der Waals surface area (Å²) in [5.74, 6) is -0.522. The first-order valence-electron chi connectivity index (χ1n) is 25.6. The number of amides is 5. The summed E-state index contributed by atoms with van der Waals surface area (Å²) in [6, 6.07) is 24.1. The van der Waals surface area contributed by atoms with Crippen molar-refractivity contribution in [2.24, 2.45) is 10.8 Å². The maximum Gasteiger partial charge on any atom is 0.246 e. The van der Waals surface area contributed by atoms with Crippen molar-refractivity contribution in [1.29, 1.82) is 0 Å². The first-order chi connectivity index (χ1) is 36.5. The van der Waals surface area contributed by atoms with Crippen LogP contribution in [0.15, 0.2) is 103 Å². The summed E-state index contributed by atoms with van der Waals surface area (Å²) in [6.07, 6.45) is 2.54. The third-order valence-electron chi connectivity index (χ3n) is 14.4. The van der Waals surface area contributed by atoms with Gasteiger partial charge in [-0.05, 0) is 116 Å². The number of benzene rings is 4. The van der Waals surface area contributed by atoms with Crippen LogP contribution in [0.1, 0.15) is 64.1 Å². The van der Waals surface area contributed by atoms with Gasteiger partial charge >= 0.3 is 0 Å². The number of nitrogens with zero attached hydrogens (tertiary/aromatic N) is 5. The number of aliphatic hydroxyl groups is 1. The lowest BCUT2D eigenvalue weighted by atomic mass is 9.85. The summed E-state index contributed by atoms with van der Waals surface area (Å²) < 4.78 is 25.6. The fraction of sp³-hybridized carbons (Fsp3) is 0.386. The predicted octanol–water partition coefficient (Wildman–Crippen LogP) is 7.68. The van der Waals surface area contributed by atoms with Crippen LogP contribution < -0.4 is 35.6 Å². The lowest BCUT2D eigenvalue weighted by molar-refractivity contribution is -0.144. The van der Waals surface area contributed by atoms with E-state index in [1.807, 2.05) is 69.6 Å². The second-order valence-electron chi connectivity index (χ2n) is 20.9. The van der Waals surface area contributed by atoms with Gasteiger partial charge in [0, 0.05) is 75.1 Å². The summed E-state index contributed by atoms with van der Waals surface area (Å²) in [5, 5.41) is 22.9. The Morgan fingerprint density at radius 3 is 2.16 bits per heavy atom.